The molecule has 1 unspecified atom stereocenters. The van der Waals surface area contributed by atoms with Gasteiger partial charge in [-0.2, -0.15) is 25.5 Å². The predicted molar refractivity (Wildman–Crippen MR) is 515 cm³/mol. The maximum atomic E-state index is 10.2. The maximum absolute atomic E-state index is 10.2. The van der Waals surface area contributed by atoms with Crippen molar-refractivity contribution in [2.24, 2.45) is 5.84 Å². The molecule has 1 atom stereocenters. The summed E-state index contributed by atoms with van der Waals surface area (Å²) in [4.78, 5) is 27.1. The maximum Gasteiger partial charge on any atom is 2.00 e. The average molecular weight is 1880 g/mol. The topological polar surface area (TPSA) is 325 Å². The number of benzene rings is 1. The monoisotopic (exact) mass is 1880 g/mol. The Kier molecular flexibility index (Phi) is 83.5. The van der Waals surface area contributed by atoms with Gasteiger partial charge in [-0.25, -0.2) is 4.98 Å². The van der Waals surface area contributed by atoms with Crippen molar-refractivity contribution in [3.05, 3.63) is 175 Å². The number of ether oxygens (including phenoxy) is 1. The van der Waals surface area contributed by atoms with E-state index in [-0.39, 0.29) is 66.1 Å². The fourth-order valence-electron chi connectivity index (χ4n) is 12.1. The van der Waals surface area contributed by atoms with Crippen molar-refractivity contribution in [1.82, 2.24) is 69.5 Å². The number of halogens is 2. The molecule has 0 amide bonds. The molecule has 0 saturated carbocycles. The number of hydrazine groups is 1. The van der Waals surface area contributed by atoms with Gasteiger partial charge in [-0.05, 0) is 254 Å². The van der Waals surface area contributed by atoms with E-state index in [4.69, 9.17) is 48.9 Å². The number of hydrogen-bond acceptors (Lipinski definition) is 17. The second-order valence-corrected chi connectivity index (χ2v) is 27.6. The van der Waals surface area contributed by atoms with Crippen molar-refractivity contribution >= 4 is 75.9 Å². The van der Waals surface area contributed by atoms with E-state index in [1.165, 1.54) is 139 Å². The van der Waals surface area contributed by atoms with E-state index < -0.39 is 13.2 Å². The van der Waals surface area contributed by atoms with Crippen LogP contribution >= 0.6 is 22.6 Å². The number of H-pyrrole nitrogens is 1. The summed E-state index contributed by atoms with van der Waals surface area (Å²) in [6, 6.07) is 19.9. The molecule has 3 aliphatic heterocycles. The van der Waals surface area contributed by atoms with Crippen LogP contribution in [0, 0.1) is 74.2 Å². The van der Waals surface area contributed by atoms with Gasteiger partial charge in [0.15, 0.2) is 12.4 Å². The summed E-state index contributed by atoms with van der Waals surface area (Å²) >= 11 is 2.37. The molecule has 0 aliphatic carbocycles. The van der Waals surface area contributed by atoms with Crippen LogP contribution in [0.3, 0.4) is 0 Å². The smallest absolute Gasteiger partial charge is 1.00 e. The minimum absolute atomic E-state index is 0. The third-order valence-corrected chi connectivity index (χ3v) is 19.8. The molecule has 11 rings (SSSR count). The van der Waals surface area contributed by atoms with Crippen LogP contribution < -0.4 is 44.0 Å². The first-order chi connectivity index (χ1) is 56.8. The van der Waals surface area contributed by atoms with Crippen molar-refractivity contribution < 1.29 is 63.4 Å². The molecule has 2 saturated heterocycles. The molecule has 7 aromatic heterocycles. The molecule has 24 nitrogen and oxygen atoms in total. The zero-order valence-electron chi connectivity index (χ0n) is 78.2. The zero-order chi connectivity index (χ0) is 89.3. The minimum atomic E-state index is -1.44. The number of ketones is 1. The van der Waals surface area contributed by atoms with Crippen molar-refractivity contribution in [2.75, 3.05) is 53.0 Å². The van der Waals surface area contributed by atoms with E-state index in [0.29, 0.717) is 18.3 Å². The largest absolute Gasteiger partial charge is 2.00 e. The van der Waals surface area contributed by atoms with Gasteiger partial charge < -0.3 is 69.9 Å². The Bertz CT molecular complexity index is 4120. The van der Waals surface area contributed by atoms with E-state index in [1.807, 2.05) is 55.9 Å². The number of aromatic nitrogens is 12. The SMILES string of the molecule is C.C.C1CCOC1.CC#CC(=O)CC.CC#CC(O)CC.CCC=O.CCNN.CCc1cc(C)n(CC)n1.CCc1nn(CC)c(C)c1-c1ccncc1.CCc1nn(CC)c(C)c1C1=CCN(Cc2ccccc2)CC1.CCc1nn(CC)c(C)c1C1CCNCC1.CCc1nn(CC)c(C)c1I.CO.O.[2H][n+]1ccc(B(O)O)cc1.[Br-].[C-]#CC.[Mg+2]. The fourth-order valence-corrected chi connectivity index (χ4v) is 12.9. The molecular formula is C94H158BBrIMgN16O8+. The second kappa shape index (κ2) is 81.0. The van der Waals surface area contributed by atoms with E-state index in [1.54, 1.807) is 33.3 Å². The molecule has 0 bridgehead atoms. The number of aliphatic hydroxyl groups excluding tert-OH is 2. The summed E-state index contributed by atoms with van der Waals surface area (Å²) in [5.41, 5.74) is 23.8. The Morgan fingerprint density at radius 2 is 1.18 bits per heavy atom. The number of aliphatic hydroxyl groups is 2. The van der Waals surface area contributed by atoms with Crippen molar-refractivity contribution in [3.8, 4) is 40.7 Å². The molecule has 2 fully saturated rings. The summed E-state index contributed by atoms with van der Waals surface area (Å²) in [5, 5.41) is 59.2. The standard InChI is InChI=1S/C20H27N3.C13H23N3.C13H17N3.C8H13IN2.C8H14N2.C6H10O.C6H8O.C5H6BNO2.C4H8O.C3H6O.C3H3.C2H8N2.CH4O.2CH4.BrH.Mg.H2O/c1-4-19-20(16(3)23(5-2)21-19)18-11-13-22(14-12-18)15-17-9-7-6-8-10-17;2*1-4-12-13(10(3)16(5-2)15-12)11-6-8-14-9-7-11;1-4-7-8(9)6(3)11(5-2)10-7;1-4-8-6-7(3)10(5-2)9-8;2*1-3-5-6(7)4-2;8-6(9)5-1-3-7-4-2-5;1-2-4-5-3-1;1-2-3-4;1-3-2;1-2-4-3;1-2;;;;;/h6-11H,4-5,12-15H2,1-3H3;11,14H,4-9H2,1-3H3;6-9H,4-5H2,1-3H3;4-5H2,1-3H3;6H,4-5H2,1-3H3;6-7H,4H2,1-2H3;4H2,1-2H3;1-4,8-9H;1-4H2;3H,2H2,1H3;1H3;4H,2-3H2,1H3;2H,1H3;2*1H4;1H;;1H2/q;;;;;;;;;;-1;;;;;;+2;/i/hD. The van der Waals surface area contributed by atoms with Gasteiger partial charge in [-0.3, -0.25) is 49.4 Å². The first-order valence-electron chi connectivity index (χ1n) is 42.4. The van der Waals surface area contributed by atoms with Gasteiger partial charge in [-0.15, -0.1) is 5.92 Å². The molecular weight excluding hydrogens is 1720 g/mol. The molecule has 11 N–H and O–H groups in total. The fraction of sp³-hybridized carbons (Fsp3) is 0.564. The Labute approximate surface area is 779 Å². The van der Waals surface area contributed by atoms with Crippen LogP contribution in [-0.4, -0.2) is 186 Å². The number of aromatic amines is 1. The van der Waals surface area contributed by atoms with Gasteiger partial charge in [0.1, 0.15) is 12.4 Å². The summed E-state index contributed by atoms with van der Waals surface area (Å²) in [6.45, 7) is 57.9. The molecule has 3 aliphatic rings. The van der Waals surface area contributed by atoms with Crippen LogP contribution in [0.4, 0.5) is 0 Å². The second-order valence-electron chi connectivity index (χ2n) is 26.5. The van der Waals surface area contributed by atoms with Gasteiger partial charge in [-0.1, -0.05) is 125 Å². The van der Waals surface area contributed by atoms with Crippen LogP contribution in [0.1, 0.15) is 263 Å². The van der Waals surface area contributed by atoms with Gasteiger partial charge in [0, 0.05) is 156 Å². The van der Waals surface area contributed by atoms with Gasteiger partial charge in [0.25, 0.3) is 0 Å². The number of carbonyl (C=O) groups excluding carboxylic acids is 2. The number of nitrogens with one attached hydrogen (secondary N) is 3. The number of carbonyl (C=O) groups is 2. The van der Waals surface area contributed by atoms with Crippen LogP contribution in [0.25, 0.3) is 16.7 Å². The zero-order valence-corrected chi connectivity index (χ0v) is 82.4. The third-order valence-electron chi connectivity index (χ3n) is 18.4. The van der Waals surface area contributed by atoms with Crippen molar-refractivity contribution in [2.45, 2.75) is 302 Å². The third kappa shape index (κ3) is 50.2. The Morgan fingerprint density at radius 1 is 0.713 bits per heavy atom. The number of rotatable bonds is 20. The van der Waals surface area contributed by atoms with Crippen LogP contribution in [0.5, 0.6) is 0 Å². The first-order valence-corrected chi connectivity index (χ1v) is 43.1. The van der Waals surface area contributed by atoms with Crippen LogP contribution in [0.15, 0.2) is 91.5 Å². The van der Waals surface area contributed by atoms with E-state index in [9.17, 15) is 9.59 Å². The van der Waals surface area contributed by atoms with Crippen molar-refractivity contribution in [3.63, 3.8) is 0 Å². The van der Waals surface area contributed by atoms with Crippen LogP contribution in [0.2, 0.25) is 1.41 Å². The number of hydrogen-bond donors (Lipinski definition) is 7. The number of aryl methyl sites for hydroxylation is 11. The Balaban J connectivity index is -0.000000247. The quantitative estimate of drug-likeness (QED) is 0.00545. The Morgan fingerprint density at radius 3 is 1.53 bits per heavy atom. The molecule has 122 heavy (non-hydrogen) atoms. The van der Waals surface area contributed by atoms with E-state index in [2.05, 4.69) is 247 Å². The van der Waals surface area contributed by atoms with Crippen molar-refractivity contribution in [1.29, 1.82) is 0 Å². The van der Waals surface area contributed by atoms with Gasteiger partial charge in [0.05, 0.1) is 32.0 Å². The molecule has 28 heteroatoms. The number of nitrogens with zero attached hydrogens (tertiary/aromatic N) is 12. The van der Waals surface area contributed by atoms with E-state index in [0.717, 1.165) is 154 Å². The van der Waals surface area contributed by atoms with Gasteiger partial charge in [0.2, 0.25) is 5.78 Å². The summed E-state index contributed by atoms with van der Waals surface area (Å²) in [5.74, 6) is 17.7. The van der Waals surface area contributed by atoms with E-state index >= 15 is 0 Å². The number of pyridine rings is 2. The number of piperidine rings is 1. The summed E-state index contributed by atoms with van der Waals surface area (Å²) in [6.07, 6.45) is 28.6. The number of aldehydes is 1. The molecule has 10 heterocycles. The molecule has 0 radical (unpaired) electrons. The van der Waals surface area contributed by atoms with Crippen LogP contribution in [-0.2, 0) is 85.7 Å². The normalized spacial score (nSPS) is 11.9. The molecule has 680 valence electrons. The Hall–Kier alpha value is -7.03. The predicted octanol–water partition coefficient (Wildman–Crippen LogP) is 11.4. The molecule has 0 spiro atoms. The molecule has 8 aromatic rings. The summed E-state index contributed by atoms with van der Waals surface area (Å²) < 4.78 is 23.7. The number of Topliss-reactive ketones (excluding diaryl/α,β-unsaturated/α-hetero) is 1. The molecule has 1 aromatic carbocycles. The average Bonchev–Trinajstić information content (AvgIpc) is 1.68. The minimum Gasteiger partial charge on any atom is -1.00 e. The first kappa shape index (κ1) is 126. The summed E-state index contributed by atoms with van der Waals surface area (Å²) in [7, 11) is -0.443. The van der Waals surface area contributed by atoms with Gasteiger partial charge >= 0.3 is 31.6 Å². The number of nitrogens with two attached hydrogens (primary N) is 1.